The molecule has 0 aromatic heterocycles. The molecule has 0 unspecified atom stereocenters. The molecule has 0 bridgehead atoms. The van der Waals surface area contributed by atoms with Crippen molar-refractivity contribution >= 4 is 16.6 Å². The first kappa shape index (κ1) is 16.7. The zero-order valence-corrected chi connectivity index (χ0v) is 11.9. The molecule has 0 saturated heterocycles. The van der Waals surface area contributed by atoms with Gasteiger partial charge in [-0.3, -0.25) is 0 Å². The van der Waals surface area contributed by atoms with E-state index in [0.29, 0.717) is 5.04 Å². The summed E-state index contributed by atoms with van der Waals surface area (Å²) in [6.07, 6.45) is 0. The van der Waals surface area contributed by atoms with Crippen LogP contribution in [-0.4, -0.2) is 23.5 Å². The van der Waals surface area contributed by atoms with Crippen LogP contribution in [0.25, 0.3) is 0 Å². The molecule has 0 saturated carbocycles. The van der Waals surface area contributed by atoms with Crippen molar-refractivity contribution in [2.75, 3.05) is 0 Å². The number of hydrogen-bond donors (Lipinski definition) is 3. The van der Waals surface area contributed by atoms with Crippen LogP contribution in [0.5, 0.6) is 0 Å². The maximum absolute atomic E-state index is 8.88. The van der Waals surface area contributed by atoms with Gasteiger partial charge in [0.15, 0.2) is 0 Å². The largest absolute Gasteiger partial charge is 0.466 e. The first-order valence-electron chi connectivity index (χ1n) is 4.67. The summed E-state index contributed by atoms with van der Waals surface area (Å²) in [4.78, 5) is 21.6. The minimum Gasteiger partial charge on any atom is -0.303 e. The van der Waals surface area contributed by atoms with Gasteiger partial charge in [-0.25, -0.2) is 4.57 Å². The lowest BCUT2D eigenvalue weighted by molar-refractivity contribution is 0.275. The van der Waals surface area contributed by atoms with Crippen LogP contribution < -0.4 is 0 Å². The summed E-state index contributed by atoms with van der Waals surface area (Å²) in [6.45, 7) is 14.3. The molecule has 88 valence electrons. The molecule has 0 aliphatic heterocycles. The molecule has 14 heavy (non-hydrogen) atoms. The molecule has 6 heteroatoms. The Morgan fingerprint density at radius 3 is 1.36 bits per heavy atom. The predicted molar refractivity (Wildman–Crippen MR) is 62.0 cm³/mol. The third kappa shape index (κ3) is 10.4. The van der Waals surface area contributed by atoms with Gasteiger partial charge in [0, 0.05) is 8.80 Å². The molecule has 0 radical (unpaired) electrons. The summed E-state index contributed by atoms with van der Waals surface area (Å²) in [5.74, 6) is 0.851. The molecule has 0 aliphatic rings. The monoisotopic (exact) mass is 242 g/mol. The lowest BCUT2D eigenvalue weighted by Gasteiger charge is -2.32. The van der Waals surface area contributed by atoms with E-state index in [1.807, 2.05) is 0 Å². The lowest BCUT2D eigenvalue weighted by atomic mass is 9.99. The van der Waals surface area contributed by atoms with Crippen molar-refractivity contribution in [2.24, 2.45) is 5.92 Å². The third-order valence-electron chi connectivity index (χ3n) is 2.98. The Kier molecular flexibility index (Phi) is 7.21. The molecule has 0 heterocycles. The highest BCUT2D eigenvalue weighted by Crippen LogP contribution is 2.36. The predicted octanol–water partition coefficient (Wildman–Crippen LogP) is 1.98. The van der Waals surface area contributed by atoms with Gasteiger partial charge in [-0.1, -0.05) is 40.8 Å². The summed E-state index contributed by atoms with van der Waals surface area (Å²) < 4.78 is 8.88. The first-order valence-corrected chi connectivity index (χ1v) is 9.12. The Labute approximate surface area is 88.2 Å². The van der Waals surface area contributed by atoms with E-state index < -0.39 is 16.6 Å². The van der Waals surface area contributed by atoms with Crippen molar-refractivity contribution in [2.45, 2.75) is 45.8 Å². The number of phosphoric acid groups is 1. The smallest absolute Gasteiger partial charge is 0.303 e. The van der Waals surface area contributed by atoms with Crippen LogP contribution in [0.4, 0.5) is 0 Å². The second-order valence-corrected chi connectivity index (χ2v) is 9.47. The molecular formula is C8H23O4PSi. The Bertz CT molecular complexity index is 179. The van der Waals surface area contributed by atoms with E-state index in [2.05, 4.69) is 40.8 Å². The highest BCUT2D eigenvalue weighted by molar-refractivity contribution is 7.45. The summed E-state index contributed by atoms with van der Waals surface area (Å²) in [6, 6.07) is 0. The number of rotatable bonds is 2. The fourth-order valence-electron chi connectivity index (χ4n) is 0.667. The van der Waals surface area contributed by atoms with Gasteiger partial charge in [-0.15, -0.1) is 0 Å². The van der Waals surface area contributed by atoms with Gasteiger partial charge in [-0.2, -0.15) is 0 Å². The Balaban J connectivity index is 0. The molecule has 0 spiro atoms. The van der Waals surface area contributed by atoms with Crippen LogP contribution in [0.15, 0.2) is 0 Å². The van der Waals surface area contributed by atoms with Crippen LogP contribution in [0.3, 0.4) is 0 Å². The molecule has 0 amide bonds. The van der Waals surface area contributed by atoms with Crippen molar-refractivity contribution in [1.29, 1.82) is 0 Å². The molecule has 3 N–H and O–H groups in total. The second-order valence-electron chi connectivity index (χ2n) is 4.64. The molecule has 0 aromatic rings. The lowest BCUT2D eigenvalue weighted by Crippen LogP contribution is -2.26. The molecular weight excluding hydrogens is 219 g/mol. The fourth-order valence-corrected chi connectivity index (χ4v) is 2.00. The summed E-state index contributed by atoms with van der Waals surface area (Å²) >= 11 is 0. The quantitative estimate of drug-likeness (QED) is 0.511. The van der Waals surface area contributed by atoms with Gasteiger partial charge in [0.2, 0.25) is 0 Å². The maximum Gasteiger partial charge on any atom is 0.466 e. The van der Waals surface area contributed by atoms with Crippen molar-refractivity contribution in [3.8, 4) is 0 Å². The molecule has 0 rings (SSSR count). The highest BCUT2D eigenvalue weighted by Gasteiger charge is 2.26. The average Bonchev–Trinajstić information content (AvgIpc) is 1.82. The maximum atomic E-state index is 8.88. The van der Waals surface area contributed by atoms with Crippen LogP contribution in [0.2, 0.25) is 18.1 Å². The van der Waals surface area contributed by atoms with E-state index in [4.69, 9.17) is 19.2 Å². The molecule has 4 nitrogen and oxygen atoms in total. The van der Waals surface area contributed by atoms with Crippen LogP contribution in [-0.2, 0) is 4.57 Å². The van der Waals surface area contributed by atoms with Crippen LogP contribution in [0, 0.1) is 5.92 Å². The summed E-state index contributed by atoms with van der Waals surface area (Å²) in [5, 5.41) is 0.639. The van der Waals surface area contributed by atoms with E-state index in [-0.39, 0.29) is 0 Å². The highest BCUT2D eigenvalue weighted by atomic mass is 31.2. The van der Waals surface area contributed by atoms with E-state index in [1.165, 1.54) is 0 Å². The minimum atomic E-state index is -4.64. The van der Waals surface area contributed by atoms with Gasteiger partial charge in [-0.05, 0) is 11.0 Å². The molecule has 0 fully saturated rings. The van der Waals surface area contributed by atoms with Crippen molar-refractivity contribution in [1.82, 2.24) is 0 Å². The van der Waals surface area contributed by atoms with Gasteiger partial charge in [0.1, 0.15) is 0 Å². The van der Waals surface area contributed by atoms with E-state index in [0.717, 1.165) is 5.92 Å². The van der Waals surface area contributed by atoms with E-state index in [9.17, 15) is 0 Å². The van der Waals surface area contributed by atoms with Gasteiger partial charge < -0.3 is 14.7 Å². The summed E-state index contributed by atoms with van der Waals surface area (Å²) in [5.41, 5.74) is 0. The zero-order valence-electron chi connectivity index (χ0n) is 9.85. The van der Waals surface area contributed by atoms with Gasteiger partial charge in [0.05, 0.1) is 0 Å². The van der Waals surface area contributed by atoms with E-state index in [1.54, 1.807) is 0 Å². The van der Waals surface area contributed by atoms with E-state index >= 15 is 0 Å². The van der Waals surface area contributed by atoms with Crippen LogP contribution in [0.1, 0.15) is 27.7 Å². The van der Waals surface area contributed by atoms with Crippen LogP contribution >= 0.6 is 7.82 Å². The SMILES string of the molecule is CC(C)C(C)(C)[SiH](C)C.O=P(O)(O)O. The van der Waals surface area contributed by atoms with Crippen molar-refractivity contribution in [3.63, 3.8) is 0 Å². The van der Waals surface area contributed by atoms with Crippen molar-refractivity contribution < 1.29 is 19.2 Å². The summed E-state index contributed by atoms with van der Waals surface area (Å²) in [7, 11) is -5.08. The second kappa shape index (κ2) is 6.03. The molecule has 0 aromatic carbocycles. The Morgan fingerprint density at radius 1 is 1.14 bits per heavy atom. The minimum absolute atomic E-state index is 0.438. The zero-order chi connectivity index (χ0) is 12.2. The van der Waals surface area contributed by atoms with Gasteiger partial charge in [0.25, 0.3) is 0 Å². The Hall–Kier alpha value is 0.327. The van der Waals surface area contributed by atoms with Gasteiger partial charge >= 0.3 is 7.82 Å². The fraction of sp³-hybridized carbons (Fsp3) is 1.00. The number of hydrogen-bond acceptors (Lipinski definition) is 1. The Morgan fingerprint density at radius 2 is 1.36 bits per heavy atom. The third-order valence-corrected chi connectivity index (χ3v) is 6.62. The standard InChI is InChI=1S/C8H20Si.H3O4P/c1-7(2)8(3,4)9(5)6;1-5(2,3)4/h7,9H,1-6H3;(H3,1,2,3,4). The molecule has 0 aliphatic carbocycles. The average molecular weight is 242 g/mol. The molecule has 0 atom stereocenters. The topological polar surface area (TPSA) is 77.8 Å². The van der Waals surface area contributed by atoms with Crippen molar-refractivity contribution in [3.05, 3.63) is 0 Å². The first-order chi connectivity index (χ1) is 5.89. The normalized spacial score (nSPS) is 12.8.